The first-order valence-electron chi connectivity index (χ1n) is 8.96. The molecule has 130 valence electrons. The number of aromatic nitrogens is 2. The topological polar surface area (TPSA) is 57.8 Å². The van der Waals surface area contributed by atoms with Gasteiger partial charge in [-0.2, -0.15) is 0 Å². The Morgan fingerprint density at radius 2 is 2.20 bits per heavy atom. The van der Waals surface area contributed by atoms with E-state index in [9.17, 15) is 4.79 Å². The number of benzene rings is 1. The van der Waals surface area contributed by atoms with Crippen LogP contribution in [0.15, 0.2) is 24.4 Å². The van der Waals surface area contributed by atoms with Crippen molar-refractivity contribution in [1.82, 2.24) is 15.3 Å². The van der Waals surface area contributed by atoms with Gasteiger partial charge < -0.3 is 10.3 Å². The summed E-state index contributed by atoms with van der Waals surface area (Å²) in [5.41, 5.74) is 4.64. The number of thiazole rings is 1. The van der Waals surface area contributed by atoms with Crippen LogP contribution in [0, 0.1) is 6.92 Å². The van der Waals surface area contributed by atoms with E-state index in [1.54, 1.807) is 11.3 Å². The Morgan fingerprint density at radius 1 is 1.36 bits per heavy atom. The lowest BCUT2D eigenvalue weighted by molar-refractivity contribution is 0.0952. The van der Waals surface area contributed by atoms with Crippen LogP contribution >= 0.6 is 11.3 Å². The maximum absolute atomic E-state index is 12.6. The van der Waals surface area contributed by atoms with Gasteiger partial charge in [0.1, 0.15) is 0 Å². The molecular weight excluding hydrogens is 330 g/mol. The van der Waals surface area contributed by atoms with Crippen molar-refractivity contribution in [1.29, 1.82) is 0 Å². The molecule has 5 heteroatoms. The third-order valence-corrected chi connectivity index (χ3v) is 6.13. The third-order valence-electron chi connectivity index (χ3n) is 4.99. The first-order valence-corrected chi connectivity index (χ1v) is 9.77. The van der Waals surface area contributed by atoms with Crippen LogP contribution in [0.3, 0.4) is 0 Å². The Bertz CT molecular complexity index is 924. The summed E-state index contributed by atoms with van der Waals surface area (Å²) in [7, 11) is 0. The molecule has 2 N–H and O–H groups in total. The zero-order valence-electron chi connectivity index (χ0n) is 14.7. The number of fused-ring (bicyclic) bond motifs is 3. The largest absolute Gasteiger partial charge is 0.358 e. The number of nitrogens with zero attached hydrogens (tertiary/aromatic N) is 1. The average Bonchev–Trinajstić information content (AvgIpc) is 3.22. The number of carbonyl (C=O) groups is 1. The summed E-state index contributed by atoms with van der Waals surface area (Å²) in [6.45, 7) is 4.76. The van der Waals surface area contributed by atoms with Crippen molar-refractivity contribution in [3.8, 4) is 0 Å². The van der Waals surface area contributed by atoms with Crippen molar-refractivity contribution in [2.24, 2.45) is 0 Å². The van der Waals surface area contributed by atoms with Gasteiger partial charge in [0.05, 0.1) is 5.01 Å². The minimum atomic E-state index is -0.00668. The summed E-state index contributed by atoms with van der Waals surface area (Å²) in [6, 6.07) is 6.00. The minimum Gasteiger partial charge on any atom is -0.358 e. The van der Waals surface area contributed by atoms with Gasteiger partial charge in [0.25, 0.3) is 5.91 Å². The SMILES string of the molecule is Cc1cnc(C(C)CNC(=O)c2ccc3[nH]c4c(c3c2)CCCC4)s1. The third kappa shape index (κ3) is 3.21. The van der Waals surface area contributed by atoms with Gasteiger partial charge in [-0.05, 0) is 56.4 Å². The van der Waals surface area contributed by atoms with E-state index in [4.69, 9.17) is 0 Å². The molecule has 0 spiro atoms. The summed E-state index contributed by atoms with van der Waals surface area (Å²) < 4.78 is 0. The minimum absolute atomic E-state index is 0.00668. The van der Waals surface area contributed by atoms with Gasteiger partial charge in [0.2, 0.25) is 0 Å². The zero-order chi connectivity index (χ0) is 17.4. The molecule has 1 aromatic carbocycles. The van der Waals surface area contributed by atoms with Crippen molar-refractivity contribution >= 4 is 28.1 Å². The molecule has 3 aromatic rings. The number of hydrogen-bond donors (Lipinski definition) is 2. The molecule has 0 fully saturated rings. The Kier molecular flexibility index (Phi) is 4.34. The van der Waals surface area contributed by atoms with E-state index < -0.39 is 0 Å². The number of aromatic amines is 1. The van der Waals surface area contributed by atoms with Crippen LogP contribution in [0.2, 0.25) is 0 Å². The molecule has 0 radical (unpaired) electrons. The summed E-state index contributed by atoms with van der Waals surface area (Å²) in [6.07, 6.45) is 6.61. The highest BCUT2D eigenvalue weighted by Gasteiger charge is 2.17. The molecular formula is C20H23N3OS. The van der Waals surface area contributed by atoms with E-state index >= 15 is 0 Å². The fourth-order valence-corrected chi connectivity index (χ4v) is 4.41. The van der Waals surface area contributed by atoms with E-state index in [-0.39, 0.29) is 11.8 Å². The van der Waals surface area contributed by atoms with E-state index in [0.29, 0.717) is 6.54 Å². The van der Waals surface area contributed by atoms with Gasteiger partial charge in [0.15, 0.2) is 0 Å². The van der Waals surface area contributed by atoms with Crippen LogP contribution in [0.1, 0.15) is 57.2 Å². The molecule has 1 aliphatic rings. The molecule has 4 nitrogen and oxygen atoms in total. The van der Waals surface area contributed by atoms with Crippen LogP contribution < -0.4 is 5.32 Å². The Balaban J connectivity index is 1.50. The smallest absolute Gasteiger partial charge is 0.251 e. The summed E-state index contributed by atoms with van der Waals surface area (Å²) in [4.78, 5) is 21.7. The van der Waals surface area contributed by atoms with Gasteiger partial charge in [-0.1, -0.05) is 6.92 Å². The quantitative estimate of drug-likeness (QED) is 0.733. The highest BCUT2D eigenvalue weighted by Crippen LogP contribution is 2.29. The molecule has 0 saturated heterocycles. The molecule has 1 atom stereocenters. The second-order valence-electron chi connectivity index (χ2n) is 6.97. The lowest BCUT2D eigenvalue weighted by Gasteiger charge is -2.11. The van der Waals surface area contributed by atoms with E-state index in [0.717, 1.165) is 28.9 Å². The van der Waals surface area contributed by atoms with Crippen LogP contribution in [0.25, 0.3) is 10.9 Å². The number of carbonyl (C=O) groups excluding carboxylic acids is 1. The second-order valence-corrected chi connectivity index (χ2v) is 8.24. The van der Waals surface area contributed by atoms with E-state index in [1.165, 1.54) is 34.4 Å². The van der Waals surface area contributed by atoms with Gasteiger partial charge in [-0.25, -0.2) is 4.98 Å². The van der Waals surface area contributed by atoms with Crippen LogP contribution in [-0.4, -0.2) is 22.4 Å². The van der Waals surface area contributed by atoms with Crippen LogP contribution in [0.5, 0.6) is 0 Å². The van der Waals surface area contributed by atoms with Crippen molar-refractivity contribution in [3.63, 3.8) is 0 Å². The van der Waals surface area contributed by atoms with Gasteiger partial charge >= 0.3 is 0 Å². The summed E-state index contributed by atoms with van der Waals surface area (Å²) in [5, 5.41) is 5.35. The predicted octanol–water partition coefficient (Wildman–Crippen LogP) is 4.35. The second kappa shape index (κ2) is 6.64. The first-order chi connectivity index (χ1) is 12.1. The molecule has 4 rings (SSSR count). The Hall–Kier alpha value is -2.14. The number of amides is 1. The molecule has 0 bridgehead atoms. The van der Waals surface area contributed by atoms with Crippen LogP contribution in [0.4, 0.5) is 0 Å². The van der Waals surface area contributed by atoms with Crippen molar-refractivity contribution in [3.05, 3.63) is 51.1 Å². The fraction of sp³-hybridized carbons (Fsp3) is 0.400. The monoisotopic (exact) mass is 353 g/mol. The zero-order valence-corrected chi connectivity index (χ0v) is 15.5. The average molecular weight is 353 g/mol. The fourth-order valence-electron chi connectivity index (χ4n) is 3.58. The number of aryl methyl sites for hydroxylation is 3. The van der Waals surface area contributed by atoms with Gasteiger partial charge in [-0.3, -0.25) is 4.79 Å². The van der Waals surface area contributed by atoms with Crippen LogP contribution in [-0.2, 0) is 12.8 Å². The molecule has 2 aromatic heterocycles. The summed E-state index contributed by atoms with van der Waals surface area (Å²) in [5.74, 6) is 0.221. The van der Waals surface area contributed by atoms with Crippen molar-refractivity contribution < 1.29 is 4.79 Å². The maximum atomic E-state index is 12.6. The standard InChI is InChI=1S/C20H23N3OS/c1-12(20-22-11-13(2)25-20)10-21-19(24)14-7-8-18-16(9-14)15-5-3-4-6-17(15)23-18/h7-9,11-12,23H,3-6,10H2,1-2H3,(H,21,24). The van der Waals surface area contributed by atoms with Crippen molar-refractivity contribution in [2.45, 2.75) is 45.4 Å². The predicted molar refractivity (Wildman–Crippen MR) is 103 cm³/mol. The molecule has 1 amide bonds. The normalized spacial score (nSPS) is 15.1. The Morgan fingerprint density at radius 3 is 3.00 bits per heavy atom. The van der Waals surface area contributed by atoms with E-state index in [1.807, 2.05) is 24.4 Å². The molecule has 0 saturated carbocycles. The highest BCUT2D eigenvalue weighted by molar-refractivity contribution is 7.11. The number of rotatable bonds is 4. The number of nitrogens with one attached hydrogen (secondary N) is 2. The number of hydrogen-bond acceptors (Lipinski definition) is 3. The first kappa shape index (κ1) is 16.3. The molecule has 0 aliphatic heterocycles. The lowest BCUT2D eigenvalue weighted by atomic mass is 9.95. The summed E-state index contributed by atoms with van der Waals surface area (Å²) >= 11 is 1.70. The molecule has 25 heavy (non-hydrogen) atoms. The molecule has 1 unspecified atom stereocenters. The van der Waals surface area contributed by atoms with Crippen molar-refractivity contribution in [2.75, 3.05) is 6.54 Å². The molecule has 2 heterocycles. The number of H-pyrrole nitrogens is 1. The maximum Gasteiger partial charge on any atom is 0.251 e. The van der Waals surface area contributed by atoms with Gasteiger partial charge in [-0.15, -0.1) is 11.3 Å². The molecule has 1 aliphatic carbocycles. The van der Waals surface area contributed by atoms with Gasteiger partial charge in [0, 0.05) is 45.7 Å². The highest BCUT2D eigenvalue weighted by atomic mass is 32.1. The Labute approximate surface area is 151 Å². The van der Waals surface area contributed by atoms with E-state index in [2.05, 4.69) is 29.1 Å². The lowest BCUT2D eigenvalue weighted by Crippen LogP contribution is -2.27.